The van der Waals surface area contributed by atoms with Gasteiger partial charge in [0.25, 0.3) is 6.71 Å². The number of anilines is 6. The van der Waals surface area contributed by atoms with Gasteiger partial charge in [0.05, 0.1) is 33.6 Å². The Morgan fingerprint density at radius 3 is 0.941 bits per heavy atom. The summed E-state index contributed by atoms with van der Waals surface area (Å²) in [5, 5.41) is 10.4. The largest absolute Gasteiger partial charge is 0.310 e. The first-order valence-electron chi connectivity index (χ1n) is 44.0. The van der Waals surface area contributed by atoms with Crippen LogP contribution in [-0.2, 0) is 27.1 Å². The lowest BCUT2D eigenvalue weighted by Crippen LogP contribution is -2.61. The summed E-state index contributed by atoms with van der Waals surface area (Å²) >= 11 is 0. The fraction of sp³-hybridized carbons (Fsp3) is 0.175. The molecule has 0 amide bonds. The molecule has 0 spiro atoms. The molecule has 20 rings (SSSR count). The predicted molar refractivity (Wildman–Crippen MR) is 511 cm³/mol. The first-order chi connectivity index (χ1) is 58.3. The maximum atomic E-state index is 10.5. The van der Waals surface area contributed by atoms with Crippen LogP contribution in [0.5, 0.6) is 0 Å². The highest BCUT2D eigenvalue weighted by Crippen LogP contribution is 2.56. The smallest absolute Gasteiger partial charge is 0.252 e. The van der Waals surface area contributed by atoms with E-state index in [9.17, 15) is 5.48 Å². The highest BCUT2D eigenvalue weighted by Gasteiger charge is 2.46. The number of nitrogens with zero attached hydrogens (tertiary/aromatic N) is 3. The van der Waals surface area contributed by atoms with Gasteiger partial charge in [0.15, 0.2) is 0 Å². The van der Waals surface area contributed by atoms with Gasteiger partial charge in [-0.15, -0.1) is 0 Å². The molecule has 3 heterocycles. The van der Waals surface area contributed by atoms with Gasteiger partial charge in [-0.05, 0) is 226 Å². The second-order valence-electron chi connectivity index (χ2n) is 38.3. The first kappa shape index (κ1) is 69.5. The van der Waals surface area contributed by atoms with Crippen molar-refractivity contribution in [1.82, 2.24) is 4.57 Å². The maximum absolute atomic E-state index is 10.5. The van der Waals surface area contributed by atoms with Crippen LogP contribution in [0.25, 0.3) is 137 Å². The van der Waals surface area contributed by atoms with E-state index in [1.54, 1.807) is 0 Å². The summed E-state index contributed by atoms with van der Waals surface area (Å²) in [5.74, 6) is 0. The highest BCUT2D eigenvalue weighted by molar-refractivity contribution is 7.00. The Kier molecular flexibility index (Phi) is 16.2. The summed E-state index contributed by atoms with van der Waals surface area (Å²) in [7, 11) is 0. The normalized spacial score (nSPS) is 13.6. The molecule has 0 fully saturated rings. The van der Waals surface area contributed by atoms with E-state index in [0.717, 1.165) is 183 Å². The monoisotopic (exact) mass is 1530 g/mol. The second kappa shape index (κ2) is 27.4. The van der Waals surface area contributed by atoms with Gasteiger partial charge in [0.2, 0.25) is 0 Å². The van der Waals surface area contributed by atoms with Crippen molar-refractivity contribution < 1.29 is 5.48 Å². The van der Waals surface area contributed by atoms with Crippen LogP contribution in [0.2, 0.25) is 0 Å². The Hall–Kier alpha value is -12.8. The molecular weight excluding hydrogens is 1420 g/mol. The first-order valence-corrected chi connectivity index (χ1v) is 42.0. The molecule has 2 aliphatic heterocycles. The number of fused-ring (bicyclic) bond motifs is 11. The van der Waals surface area contributed by atoms with Gasteiger partial charge in [-0.25, -0.2) is 0 Å². The Morgan fingerprint density at radius 2 is 0.585 bits per heavy atom. The number of benzene rings is 17. The lowest BCUT2D eigenvalue weighted by atomic mass is 9.33. The average Bonchev–Trinajstić information content (AvgIpc) is 1.23. The number of hydrogen-bond acceptors (Lipinski definition) is 2. The number of rotatable bonds is 9. The van der Waals surface area contributed by atoms with E-state index in [1.165, 1.54) is 22.3 Å². The molecule has 2 aliphatic rings. The van der Waals surface area contributed by atoms with Crippen molar-refractivity contribution in [2.45, 2.75) is 131 Å². The molecule has 0 saturated heterocycles. The van der Waals surface area contributed by atoms with Gasteiger partial charge in [0, 0.05) is 55.8 Å². The van der Waals surface area contributed by atoms with Crippen LogP contribution in [0.1, 0.15) is 137 Å². The fourth-order valence-corrected chi connectivity index (χ4v) is 18.7. The zero-order valence-electron chi connectivity index (χ0n) is 74.4. The standard InChI is InChI=1S/C114H100BN3/c1-110(2,3)87-52-55-102-98(68-87)97-36-24-25-41-101(97)116(102)92-69-105-107-106(70-92)118(109-95(83-48-44-73-30-18-22-34-77(73)58-83)39-27-40-96(109)84-49-45-74-31-19-23-35-78(74)59-84)104-54-51-80(86-62-90(113(10,11)12)67-91(63-86)114(13,14)15)65-100(104)115(107)99-64-79(85-60-88(111(4,5)6)66-89(61-85)112(7,8)9)50-53-103(99)117(105)108-93(81-46-42-71-28-16-20-32-75(71)56-81)37-26-38-94(108)82-47-43-72-29-17-21-33-76(72)57-82/h16-70H,1-15H3/i24D,25D,36D,41D. The molecule has 3 nitrogen and oxygen atoms in total. The third-order valence-electron chi connectivity index (χ3n) is 25.3. The highest BCUT2D eigenvalue weighted by atomic mass is 15.2. The molecule has 0 N–H and O–H groups in total. The van der Waals surface area contributed by atoms with Crippen LogP contribution < -0.4 is 26.2 Å². The van der Waals surface area contributed by atoms with Crippen LogP contribution >= 0.6 is 0 Å². The quantitative estimate of drug-likeness (QED) is 0.133. The molecule has 18 aromatic rings. The molecule has 0 unspecified atom stereocenters. The molecule has 1 aromatic heterocycles. The summed E-state index contributed by atoms with van der Waals surface area (Å²) in [6, 6.07) is 116. The van der Waals surface area contributed by atoms with Crippen LogP contribution in [0, 0.1) is 0 Å². The summed E-state index contributed by atoms with van der Waals surface area (Å²) in [6.45, 7) is 34.2. The van der Waals surface area contributed by atoms with E-state index < -0.39 is 6.71 Å². The van der Waals surface area contributed by atoms with Gasteiger partial charge in [-0.1, -0.05) is 371 Å². The zero-order valence-corrected chi connectivity index (χ0v) is 70.4. The Labute approximate surface area is 702 Å². The third-order valence-corrected chi connectivity index (χ3v) is 25.3. The van der Waals surface area contributed by atoms with Crippen LogP contribution in [0.4, 0.5) is 34.1 Å². The van der Waals surface area contributed by atoms with Crippen LogP contribution in [0.15, 0.2) is 334 Å². The molecule has 0 aliphatic carbocycles. The van der Waals surface area contributed by atoms with Crippen LogP contribution in [-0.4, -0.2) is 11.3 Å². The molecule has 574 valence electrons. The van der Waals surface area contributed by atoms with Crippen molar-refractivity contribution in [2.75, 3.05) is 9.80 Å². The predicted octanol–water partition coefficient (Wildman–Crippen LogP) is 30.0. The van der Waals surface area contributed by atoms with Crippen molar-refractivity contribution in [3.05, 3.63) is 361 Å². The average molecular weight is 1530 g/mol. The van der Waals surface area contributed by atoms with E-state index in [2.05, 4.69) is 428 Å². The minimum absolute atomic E-state index is 0.0770. The van der Waals surface area contributed by atoms with Crippen molar-refractivity contribution in [1.29, 1.82) is 0 Å². The lowest BCUT2D eigenvalue weighted by Gasteiger charge is -2.46. The summed E-state index contributed by atoms with van der Waals surface area (Å²) in [4.78, 5) is 5.24. The fourth-order valence-electron chi connectivity index (χ4n) is 18.7. The van der Waals surface area contributed by atoms with Gasteiger partial charge >= 0.3 is 0 Å². The Balaban J connectivity index is 1.02. The van der Waals surface area contributed by atoms with E-state index >= 15 is 0 Å². The Bertz CT molecular complexity index is 6810. The number of aromatic nitrogens is 1. The minimum atomic E-state index is -0.467. The summed E-state index contributed by atoms with van der Waals surface area (Å²) in [6.07, 6.45) is 0. The van der Waals surface area contributed by atoms with Crippen molar-refractivity contribution in [3.8, 4) is 72.4 Å². The molecular formula is C114H100BN3. The molecule has 0 radical (unpaired) electrons. The zero-order chi connectivity index (χ0) is 84.7. The molecule has 118 heavy (non-hydrogen) atoms. The van der Waals surface area contributed by atoms with Gasteiger partial charge in [-0.3, -0.25) is 0 Å². The van der Waals surface area contributed by atoms with Gasteiger partial charge in [-0.2, -0.15) is 0 Å². The van der Waals surface area contributed by atoms with E-state index in [1.807, 2.05) is 0 Å². The molecule has 17 aromatic carbocycles. The number of para-hydroxylation sites is 3. The molecule has 0 atom stereocenters. The second-order valence-corrected chi connectivity index (χ2v) is 38.3. The third kappa shape index (κ3) is 12.7. The van der Waals surface area contributed by atoms with Crippen molar-refractivity contribution >= 4 is 122 Å². The minimum Gasteiger partial charge on any atom is -0.310 e. The van der Waals surface area contributed by atoms with Gasteiger partial charge < -0.3 is 14.4 Å². The lowest BCUT2D eigenvalue weighted by molar-refractivity contribution is 0.568. The van der Waals surface area contributed by atoms with Crippen LogP contribution in [0.3, 0.4) is 0 Å². The van der Waals surface area contributed by atoms with Crippen molar-refractivity contribution in [3.63, 3.8) is 0 Å². The topological polar surface area (TPSA) is 11.4 Å². The SMILES string of the molecule is [2H]c1c([2H])c([2H])c2c(c1[2H])c1cc(C(C)(C)C)ccc1n2-c1cc2c3c(c1)N(c1c(-c4ccc5ccccc5c4)cccc1-c1ccc4ccccc4c1)c1ccc(-c4cc(C(C)(C)C)cc(C(C)(C)C)c4)cc1B3c1cc(-c3cc(C(C)(C)C)cc(C(C)(C)C)c3)ccc1N2c1c(-c2ccc3ccccc3c2)cccc1-c1ccc2ccccc2c1. The summed E-state index contributed by atoms with van der Waals surface area (Å²) in [5.41, 5.74) is 29.1. The maximum Gasteiger partial charge on any atom is 0.252 e. The van der Waals surface area contributed by atoms with Crippen molar-refractivity contribution in [2.24, 2.45) is 0 Å². The van der Waals surface area contributed by atoms with E-state index in [0.29, 0.717) is 10.9 Å². The molecule has 4 heteroatoms. The molecule has 0 bridgehead atoms. The van der Waals surface area contributed by atoms with E-state index in [4.69, 9.17) is 0 Å². The Morgan fingerprint density at radius 1 is 0.246 bits per heavy atom. The molecule has 0 saturated carbocycles. The van der Waals surface area contributed by atoms with Gasteiger partial charge in [0.1, 0.15) is 0 Å². The number of hydrogen-bond donors (Lipinski definition) is 0. The summed E-state index contributed by atoms with van der Waals surface area (Å²) < 4.78 is 42.1. The van der Waals surface area contributed by atoms with E-state index in [-0.39, 0.29) is 51.2 Å².